The Bertz CT molecular complexity index is 528. The number of alkyl halides is 3. The molecule has 2 atom stereocenters. The number of likely N-dealkylation sites (tertiary alicyclic amines) is 1. The fourth-order valence-corrected chi connectivity index (χ4v) is 2.91. The van der Waals surface area contributed by atoms with Gasteiger partial charge in [0.2, 0.25) is 0 Å². The largest absolute Gasteiger partial charge is 0.416 e. The molecule has 1 aliphatic heterocycles. The fourth-order valence-electron chi connectivity index (χ4n) is 2.91. The molecule has 0 unspecified atom stereocenters. The predicted molar refractivity (Wildman–Crippen MR) is 83.2 cm³/mol. The maximum atomic E-state index is 12.5. The molecule has 1 aromatic rings. The lowest BCUT2D eigenvalue weighted by molar-refractivity contribution is -0.137. The first-order valence-electron chi connectivity index (χ1n) is 7.97. The number of nitrogens with one attached hydrogen (secondary N) is 1. The van der Waals surface area contributed by atoms with Crippen molar-refractivity contribution in [3.8, 4) is 0 Å². The van der Waals surface area contributed by atoms with Crippen LogP contribution >= 0.6 is 0 Å². The maximum absolute atomic E-state index is 12.5. The Morgan fingerprint density at radius 3 is 2.57 bits per heavy atom. The van der Waals surface area contributed by atoms with Crippen LogP contribution in [0.4, 0.5) is 13.2 Å². The Morgan fingerprint density at radius 2 is 2.00 bits per heavy atom. The molecule has 3 nitrogen and oxygen atoms in total. The van der Waals surface area contributed by atoms with E-state index in [4.69, 9.17) is 0 Å². The van der Waals surface area contributed by atoms with Crippen molar-refractivity contribution in [2.45, 2.75) is 38.9 Å². The van der Waals surface area contributed by atoms with E-state index < -0.39 is 11.7 Å². The molecule has 0 bridgehead atoms. The Kier molecular flexibility index (Phi) is 5.68. The Labute approximate surface area is 134 Å². The summed E-state index contributed by atoms with van der Waals surface area (Å²) in [5.41, 5.74) is -0.498. The molecule has 6 heteroatoms. The van der Waals surface area contributed by atoms with Crippen molar-refractivity contribution in [1.82, 2.24) is 10.2 Å². The van der Waals surface area contributed by atoms with Crippen LogP contribution in [0.5, 0.6) is 0 Å². The van der Waals surface area contributed by atoms with Crippen LogP contribution in [-0.4, -0.2) is 36.5 Å². The van der Waals surface area contributed by atoms with Crippen LogP contribution in [-0.2, 0) is 6.18 Å². The highest BCUT2D eigenvalue weighted by Crippen LogP contribution is 2.29. The van der Waals surface area contributed by atoms with Crippen molar-refractivity contribution in [3.63, 3.8) is 0 Å². The van der Waals surface area contributed by atoms with Gasteiger partial charge in [0, 0.05) is 24.7 Å². The molecule has 0 saturated carbocycles. The minimum atomic E-state index is -4.38. The molecule has 128 valence electrons. The van der Waals surface area contributed by atoms with Crippen molar-refractivity contribution in [3.05, 3.63) is 35.4 Å². The first-order valence-corrected chi connectivity index (χ1v) is 7.97. The average molecular weight is 328 g/mol. The smallest absolute Gasteiger partial charge is 0.350 e. The van der Waals surface area contributed by atoms with E-state index in [1.807, 2.05) is 0 Å². The number of carbonyl (C=O) groups excluding carboxylic acids is 1. The lowest BCUT2D eigenvalue weighted by Crippen LogP contribution is -2.46. The SMILES string of the molecule is C[C@@H]1CCCN([C@H](C)CNC(=O)c2ccc(C(F)(F)F)cc2)C1. The summed E-state index contributed by atoms with van der Waals surface area (Å²) in [5, 5.41) is 2.81. The molecule has 1 heterocycles. The number of hydrogen-bond acceptors (Lipinski definition) is 2. The zero-order valence-corrected chi connectivity index (χ0v) is 13.5. The molecule has 23 heavy (non-hydrogen) atoms. The molecule has 1 aliphatic rings. The highest BCUT2D eigenvalue weighted by molar-refractivity contribution is 5.94. The zero-order chi connectivity index (χ0) is 17.0. The normalized spacial score (nSPS) is 21.0. The number of halogens is 3. The van der Waals surface area contributed by atoms with Gasteiger partial charge in [0.25, 0.3) is 5.91 Å². The number of hydrogen-bond donors (Lipinski definition) is 1. The van der Waals surface area contributed by atoms with E-state index in [0.717, 1.165) is 25.2 Å². The predicted octanol–water partition coefficient (Wildman–Crippen LogP) is 3.56. The van der Waals surface area contributed by atoms with E-state index in [1.165, 1.54) is 25.0 Å². The molecule has 1 aromatic carbocycles. The minimum absolute atomic E-state index is 0.219. The van der Waals surface area contributed by atoms with Gasteiger partial charge in [0.05, 0.1) is 5.56 Å². The van der Waals surface area contributed by atoms with Gasteiger partial charge < -0.3 is 5.32 Å². The van der Waals surface area contributed by atoms with Crippen molar-refractivity contribution in [1.29, 1.82) is 0 Å². The maximum Gasteiger partial charge on any atom is 0.416 e. The summed E-state index contributed by atoms with van der Waals surface area (Å²) in [6.45, 7) is 6.83. The third-order valence-corrected chi connectivity index (χ3v) is 4.34. The monoisotopic (exact) mass is 328 g/mol. The van der Waals surface area contributed by atoms with Crippen molar-refractivity contribution < 1.29 is 18.0 Å². The van der Waals surface area contributed by atoms with Gasteiger partial charge in [-0.15, -0.1) is 0 Å². The van der Waals surface area contributed by atoms with Crippen molar-refractivity contribution in [2.75, 3.05) is 19.6 Å². The van der Waals surface area contributed by atoms with Crippen LogP contribution in [0.25, 0.3) is 0 Å². The van der Waals surface area contributed by atoms with Crippen molar-refractivity contribution >= 4 is 5.91 Å². The van der Waals surface area contributed by atoms with Gasteiger partial charge in [-0.2, -0.15) is 13.2 Å². The summed E-state index contributed by atoms with van der Waals surface area (Å²) >= 11 is 0. The molecule has 2 rings (SSSR count). The second kappa shape index (κ2) is 7.34. The Hall–Kier alpha value is -1.56. The number of rotatable bonds is 4. The fraction of sp³-hybridized carbons (Fsp3) is 0.588. The second-order valence-electron chi connectivity index (χ2n) is 6.38. The molecule has 1 fully saturated rings. The summed E-state index contributed by atoms with van der Waals surface area (Å²) in [6.07, 6.45) is -1.98. The molecular formula is C17H23F3N2O. The number of nitrogens with zero attached hydrogens (tertiary/aromatic N) is 1. The lowest BCUT2D eigenvalue weighted by Gasteiger charge is -2.35. The van der Waals surface area contributed by atoms with Gasteiger partial charge >= 0.3 is 6.18 Å². The van der Waals surface area contributed by atoms with Crippen LogP contribution in [0.2, 0.25) is 0 Å². The van der Waals surface area contributed by atoms with E-state index in [1.54, 1.807) is 0 Å². The van der Waals surface area contributed by atoms with Crippen LogP contribution in [0.1, 0.15) is 42.6 Å². The number of carbonyl (C=O) groups is 1. The Balaban J connectivity index is 1.87. The van der Waals surface area contributed by atoms with E-state index in [2.05, 4.69) is 24.1 Å². The standard InChI is InChI=1S/C17H23F3N2O/c1-12-4-3-9-22(11-12)13(2)10-21-16(23)14-5-7-15(8-6-14)17(18,19)20/h5-8,12-13H,3-4,9-11H2,1-2H3,(H,21,23)/t12-,13-/m1/s1. The lowest BCUT2D eigenvalue weighted by atomic mass is 9.99. The first-order chi connectivity index (χ1) is 10.8. The highest BCUT2D eigenvalue weighted by atomic mass is 19.4. The van der Waals surface area contributed by atoms with Crippen LogP contribution in [0.15, 0.2) is 24.3 Å². The van der Waals surface area contributed by atoms with Crippen LogP contribution < -0.4 is 5.32 Å². The minimum Gasteiger partial charge on any atom is -0.350 e. The van der Waals surface area contributed by atoms with E-state index >= 15 is 0 Å². The summed E-state index contributed by atoms with van der Waals surface area (Å²) in [7, 11) is 0. The van der Waals surface area contributed by atoms with Gasteiger partial charge in [0.1, 0.15) is 0 Å². The molecule has 0 radical (unpaired) electrons. The van der Waals surface area contributed by atoms with Gasteiger partial charge in [-0.1, -0.05) is 6.92 Å². The third kappa shape index (κ3) is 4.96. The summed E-state index contributed by atoms with van der Waals surface area (Å²) in [4.78, 5) is 14.4. The van der Waals surface area contributed by atoms with Crippen LogP contribution in [0, 0.1) is 5.92 Å². The molecule has 0 aromatic heterocycles. The molecule has 1 saturated heterocycles. The quantitative estimate of drug-likeness (QED) is 0.917. The van der Waals surface area contributed by atoms with Gasteiger partial charge in [-0.05, 0) is 56.5 Å². The van der Waals surface area contributed by atoms with Gasteiger partial charge in [-0.3, -0.25) is 9.69 Å². The molecule has 0 spiro atoms. The summed E-state index contributed by atoms with van der Waals surface area (Å²) in [5.74, 6) is 0.326. The topological polar surface area (TPSA) is 32.3 Å². The van der Waals surface area contributed by atoms with E-state index in [0.29, 0.717) is 12.5 Å². The third-order valence-electron chi connectivity index (χ3n) is 4.34. The van der Waals surface area contributed by atoms with Crippen molar-refractivity contribution in [2.24, 2.45) is 5.92 Å². The van der Waals surface area contributed by atoms with Gasteiger partial charge in [0.15, 0.2) is 0 Å². The second-order valence-corrected chi connectivity index (χ2v) is 6.38. The molecule has 1 N–H and O–H groups in total. The average Bonchev–Trinajstić information content (AvgIpc) is 2.51. The van der Waals surface area contributed by atoms with E-state index in [9.17, 15) is 18.0 Å². The number of benzene rings is 1. The highest BCUT2D eigenvalue weighted by Gasteiger charge is 2.30. The van der Waals surface area contributed by atoms with Gasteiger partial charge in [-0.25, -0.2) is 0 Å². The zero-order valence-electron chi connectivity index (χ0n) is 13.5. The molecular weight excluding hydrogens is 305 g/mol. The van der Waals surface area contributed by atoms with Crippen LogP contribution in [0.3, 0.4) is 0 Å². The molecule has 1 amide bonds. The Morgan fingerprint density at radius 1 is 1.35 bits per heavy atom. The number of piperidine rings is 1. The summed E-state index contributed by atoms with van der Waals surface area (Å²) in [6, 6.07) is 4.52. The first kappa shape index (κ1) is 17.8. The summed E-state index contributed by atoms with van der Waals surface area (Å²) < 4.78 is 37.5. The number of amides is 1. The van der Waals surface area contributed by atoms with E-state index in [-0.39, 0.29) is 17.5 Å². The molecule has 0 aliphatic carbocycles.